The zero-order chi connectivity index (χ0) is 20.4. The molecule has 1 aliphatic heterocycles. The summed E-state index contributed by atoms with van der Waals surface area (Å²) in [5.74, 6) is -0.447. The van der Waals surface area contributed by atoms with Crippen LogP contribution in [-0.4, -0.2) is 33.4 Å². The van der Waals surface area contributed by atoms with E-state index in [0.717, 1.165) is 11.8 Å². The SMILES string of the molecule is O=C1[C@H](Nc2cc(C(F)(F)F)nc(-c3ccccn3)n2)CCN1c1ccccc1. The number of carbonyl (C=O) groups is 1. The van der Waals surface area contributed by atoms with Crippen LogP contribution in [0.5, 0.6) is 0 Å². The van der Waals surface area contributed by atoms with Gasteiger partial charge in [0.15, 0.2) is 11.5 Å². The number of carbonyl (C=O) groups excluding carboxylic acids is 1. The van der Waals surface area contributed by atoms with Crippen molar-refractivity contribution >= 4 is 17.4 Å². The highest BCUT2D eigenvalue weighted by molar-refractivity contribution is 6.00. The zero-order valence-corrected chi connectivity index (χ0v) is 15.1. The lowest BCUT2D eigenvalue weighted by molar-refractivity contribution is -0.141. The molecule has 1 amide bonds. The highest BCUT2D eigenvalue weighted by Gasteiger charge is 2.36. The first-order chi connectivity index (χ1) is 13.9. The van der Waals surface area contributed by atoms with Crippen LogP contribution in [0.2, 0.25) is 0 Å². The van der Waals surface area contributed by atoms with Gasteiger partial charge in [0, 0.05) is 24.5 Å². The molecule has 1 aromatic carbocycles. The highest BCUT2D eigenvalue weighted by atomic mass is 19.4. The summed E-state index contributed by atoms with van der Waals surface area (Å²) in [5.41, 5.74) is -0.138. The van der Waals surface area contributed by atoms with Crippen molar-refractivity contribution < 1.29 is 18.0 Å². The number of nitrogens with zero attached hydrogens (tertiary/aromatic N) is 4. The van der Waals surface area contributed by atoms with Crippen molar-refractivity contribution in [1.29, 1.82) is 0 Å². The van der Waals surface area contributed by atoms with Gasteiger partial charge in [-0.15, -0.1) is 0 Å². The highest BCUT2D eigenvalue weighted by Crippen LogP contribution is 2.31. The smallest absolute Gasteiger partial charge is 0.358 e. The van der Waals surface area contributed by atoms with Crippen LogP contribution in [0, 0.1) is 0 Å². The molecule has 29 heavy (non-hydrogen) atoms. The van der Waals surface area contributed by atoms with E-state index in [9.17, 15) is 18.0 Å². The van der Waals surface area contributed by atoms with Crippen molar-refractivity contribution in [3.63, 3.8) is 0 Å². The summed E-state index contributed by atoms with van der Waals surface area (Å²) in [5, 5.41) is 2.84. The molecule has 6 nitrogen and oxygen atoms in total. The van der Waals surface area contributed by atoms with Crippen LogP contribution < -0.4 is 10.2 Å². The van der Waals surface area contributed by atoms with Crippen LogP contribution in [0.25, 0.3) is 11.5 Å². The minimum atomic E-state index is -4.65. The van der Waals surface area contributed by atoms with Gasteiger partial charge in [-0.25, -0.2) is 9.97 Å². The van der Waals surface area contributed by atoms with Gasteiger partial charge in [0.05, 0.1) is 0 Å². The molecule has 1 fully saturated rings. The van der Waals surface area contributed by atoms with Crippen molar-refractivity contribution in [3.8, 4) is 11.5 Å². The van der Waals surface area contributed by atoms with Crippen LogP contribution in [0.4, 0.5) is 24.7 Å². The Morgan fingerprint density at radius 1 is 1.03 bits per heavy atom. The topological polar surface area (TPSA) is 71.0 Å². The first-order valence-electron chi connectivity index (χ1n) is 8.92. The second-order valence-electron chi connectivity index (χ2n) is 6.49. The van der Waals surface area contributed by atoms with Crippen molar-refractivity contribution in [3.05, 3.63) is 66.5 Å². The number of pyridine rings is 1. The molecule has 148 valence electrons. The van der Waals surface area contributed by atoms with Gasteiger partial charge in [-0.05, 0) is 30.7 Å². The number of para-hydroxylation sites is 1. The third-order valence-electron chi connectivity index (χ3n) is 4.51. The molecule has 1 saturated heterocycles. The van der Waals surface area contributed by atoms with E-state index in [0.29, 0.717) is 13.0 Å². The van der Waals surface area contributed by atoms with Crippen LogP contribution in [0.3, 0.4) is 0 Å². The summed E-state index contributed by atoms with van der Waals surface area (Å²) >= 11 is 0. The Labute approximate surface area is 164 Å². The van der Waals surface area contributed by atoms with Gasteiger partial charge >= 0.3 is 6.18 Å². The maximum Gasteiger partial charge on any atom is 0.433 e. The van der Waals surface area contributed by atoms with Crippen LogP contribution in [0.15, 0.2) is 60.8 Å². The van der Waals surface area contributed by atoms with Crippen LogP contribution in [-0.2, 0) is 11.0 Å². The number of hydrogen-bond acceptors (Lipinski definition) is 5. The molecule has 2 aromatic heterocycles. The molecule has 3 aromatic rings. The number of nitrogens with one attached hydrogen (secondary N) is 1. The zero-order valence-electron chi connectivity index (χ0n) is 15.1. The number of aromatic nitrogens is 3. The average molecular weight is 399 g/mol. The summed E-state index contributed by atoms with van der Waals surface area (Å²) in [7, 11) is 0. The molecule has 0 bridgehead atoms. The van der Waals surface area contributed by atoms with Crippen molar-refractivity contribution in [1.82, 2.24) is 15.0 Å². The predicted octanol–water partition coefficient (Wildman–Crippen LogP) is 3.77. The molecule has 0 aliphatic carbocycles. The normalized spacial score (nSPS) is 16.9. The second kappa shape index (κ2) is 7.50. The minimum Gasteiger partial charge on any atom is -0.358 e. The molecule has 1 atom stereocenters. The Balaban J connectivity index is 1.62. The van der Waals surface area contributed by atoms with Gasteiger partial charge in [-0.2, -0.15) is 13.2 Å². The van der Waals surface area contributed by atoms with Crippen LogP contribution in [0.1, 0.15) is 12.1 Å². The molecule has 0 unspecified atom stereocenters. The van der Waals surface area contributed by atoms with E-state index in [4.69, 9.17) is 0 Å². The molecule has 0 saturated carbocycles. The molecule has 0 radical (unpaired) electrons. The number of halogens is 3. The Morgan fingerprint density at radius 3 is 2.48 bits per heavy atom. The predicted molar refractivity (Wildman–Crippen MR) is 101 cm³/mol. The number of hydrogen-bond donors (Lipinski definition) is 1. The molecule has 9 heteroatoms. The summed E-state index contributed by atoms with van der Waals surface area (Å²) in [6.07, 6.45) is -2.76. The standard InChI is InChI=1S/C20H16F3N5O/c21-20(22,23)16-12-17(27-18(26-16)14-8-4-5-10-24-14)25-15-9-11-28(19(15)29)13-6-2-1-3-7-13/h1-8,10,12,15H,9,11H2,(H,25,26,27)/t15-/m1/s1. The molecule has 4 rings (SSSR count). The van der Waals surface area contributed by atoms with E-state index >= 15 is 0 Å². The summed E-state index contributed by atoms with van der Waals surface area (Å²) in [4.78, 5) is 26.1. The number of rotatable bonds is 4. The Morgan fingerprint density at radius 2 is 1.79 bits per heavy atom. The summed E-state index contributed by atoms with van der Waals surface area (Å²) < 4.78 is 40.0. The first kappa shape index (κ1) is 18.9. The van der Waals surface area contributed by atoms with E-state index in [-0.39, 0.29) is 23.2 Å². The maximum atomic E-state index is 13.3. The fourth-order valence-electron chi connectivity index (χ4n) is 3.13. The lowest BCUT2D eigenvalue weighted by Crippen LogP contribution is -2.33. The molecule has 0 spiro atoms. The number of amides is 1. The van der Waals surface area contributed by atoms with Gasteiger partial charge in [-0.3, -0.25) is 9.78 Å². The second-order valence-corrected chi connectivity index (χ2v) is 6.49. The molecule has 1 aliphatic rings. The molecular formula is C20H16F3N5O. The quantitative estimate of drug-likeness (QED) is 0.723. The van der Waals surface area contributed by atoms with E-state index in [1.807, 2.05) is 30.3 Å². The first-order valence-corrected chi connectivity index (χ1v) is 8.92. The van der Waals surface area contributed by atoms with E-state index in [2.05, 4.69) is 20.3 Å². The fraction of sp³-hybridized carbons (Fsp3) is 0.200. The Hall–Kier alpha value is -3.49. The number of alkyl halides is 3. The van der Waals surface area contributed by atoms with Crippen molar-refractivity contribution in [2.75, 3.05) is 16.8 Å². The van der Waals surface area contributed by atoms with Crippen molar-refractivity contribution in [2.45, 2.75) is 18.6 Å². The average Bonchev–Trinajstić information content (AvgIpc) is 3.08. The number of benzene rings is 1. The molecule has 1 N–H and O–H groups in total. The molecule has 3 heterocycles. The minimum absolute atomic E-state index is 0.0683. The Bertz CT molecular complexity index is 1010. The van der Waals surface area contributed by atoms with Crippen molar-refractivity contribution in [2.24, 2.45) is 0 Å². The van der Waals surface area contributed by atoms with Gasteiger partial charge in [-0.1, -0.05) is 24.3 Å². The maximum absolute atomic E-state index is 13.3. The van der Waals surface area contributed by atoms with E-state index in [1.165, 1.54) is 12.3 Å². The molecular weight excluding hydrogens is 383 g/mol. The fourth-order valence-corrected chi connectivity index (χ4v) is 3.13. The lowest BCUT2D eigenvalue weighted by Gasteiger charge is -2.18. The summed E-state index contributed by atoms with van der Waals surface area (Å²) in [6.45, 7) is 0.463. The third kappa shape index (κ3) is 4.03. The Kier molecular flexibility index (Phi) is 4.87. The van der Waals surface area contributed by atoms with Gasteiger partial charge in [0.25, 0.3) is 0 Å². The van der Waals surface area contributed by atoms with Gasteiger partial charge < -0.3 is 10.2 Å². The van der Waals surface area contributed by atoms with E-state index < -0.39 is 17.9 Å². The third-order valence-corrected chi connectivity index (χ3v) is 4.51. The lowest BCUT2D eigenvalue weighted by atomic mass is 10.2. The number of anilines is 2. The largest absolute Gasteiger partial charge is 0.433 e. The summed E-state index contributed by atoms with van der Waals surface area (Å²) in [6, 6.07) is 14.1. The van der Waals surface area contributed by atoms with E-state index in [1.54, 1.807) is 17.0 Å². The van der Waals surface area contributed by atoms with Crippen LogP contribution >= 0.6 is 0 Å². The van der Waals surface area contributed by atoms with Gasteiger partial charge in [0.2, 0.25) is 5.91 Å². The van der Waals surface area contributed by atoms with Gasteiger partial charge in [0.1, 0.15) is 17.6 Å². The monoisotopic (exact) mass is 399 g/mol.